The van der Waals surface area contributed by atoms with E-state index in [4.69, 9.17) is 13.7 Å². The van der Waals surface area contributed by atoms with Crippen molar-refractivity contribution in [2.24, 2.45) is 0 Å². The number of fused-ring (bicyclic) bond motifs is 1. The van der Waals surface area contributed by atoms with Gasteiger partial charge in [0.1, 0.15) is 5.52 Å². The molecule has 1 fully saturated rings. The summed E-state index contributed by atoms with van der Waals surface area (Å²) in [5.74, 6) is 0.674. The summed E-state index contributed by atoms with van der Waals surface area (Å²) >= 11 is 0. The lowest BCUT2D eigenvalue weighted by Gasteiger charge is -2.32. The molecule has 3 rings (SSSR count). The standard InChI is InChI=1S/C18H25BN2O3/c1-12-21-15-10-13(7-8-16(15)22-12)9-14(11-20-6)19-23-17(2,3)18(4,5)24-19/h7-10,20H,11H2,1-6H3. The number of nitrogens with one attached hydrogen (secondary N) is 1. The average molecular weight is 328 g/mol. The second-order valence-corrected chi connectivity index (χ2v) is 7.30. The highest BCUT2D eigenvalue weighted by atomic mass is 16.7. The van der Waals surface area contributed by atoms with Gasteiger partial charge in [-0.25, -0.2) is 4.98 Å². The summed E-state index contributed by atoms with van der Waals surface area (Å²) in [6, 6.07) is 5.99. The van der Waals surface area contributed by atoms with Gasteiger partial charge in [0.2, 0.25) is 0 Å². The molecule has 0 spiro atoms. The van der Waals surface area contributed by atoms with Crippen LogP contribution in [-0.4, -0.2) is 36.9 Å². The van der Waals surface area contributed by atoms with Gasteiger partial charge in [-0.15, -0.1) is 0 Å². The normalized spacial score (nSPS) is 20.1. The number of oxazole rings is 1. The van der Waals surface area contributed by atoms with Crippen LogP contribution in [0, 0.1) is 6.92 Å². The molecule has 5 nitrogen and oxygen atoms in total. The molecule has 1 aromatic heterocycles. The van der Waals surface area contributed by atoms with E-state index < -0.39 is 0 Å². The van der Waals surface area contributed by atoms with Crippen LogP contribution in [0.1, 0.15) is 39.1 Å². The van der Waals surface area contributed by atoms with E-state index in [-0.39, 0.29) is 18.3 Å². The molecule has 0 bridgehead atoms. The van der Waals surface area contributed by atoms with Crippen molar-refractivity contribution >= 4 is 24.3 Å². The first-order valence-electron chi connectivity index (χ1n) is 8.30. The van der Waals surface area contributed by atoms with Crippen LogP contribution in [0.5, 0.6) is 0 Å². The first kappa shape index (κ1) is 17.2. The minimum Gasteiger partial charge on any atom is -0.441 e. The second-order valence-electron chi connectivity index (χ2n) is 7.30. The van der Waals surface area contributed by atoms with Gasteiger partial charge in [0.05, 0.1) is 11.2 Å². The SMILES string of the molecule is CNCC(=Cc1ccc2oc(C)nc2c1)B1OC(C)(C)C(C)(C)O1. The molecule has 1 aromatic carbocycles. The van der Waals surface area contributed by atoms with Crippen LogP contribution >= 0.6 is 0 Å². The Morgan fingerprint density at radius 2 is 1.88 bits per heavy atom. The topological polar surface area (TPSA) is 56.5 Å². The zero-order valence-corrected chi connectivity index (χ0v) is 15.3. The summed E-state index contributed by atoms with van der Waals surface area (Å²) in [4.78, 5) is 4.40. The first-order valence-corrected chi connectivity index (χ1v) is 8.30. The lowest BCUT2D eigenvalue weighted by molar-refractivity contribution is 0.00578. The van der Waals surface area contributed by atoms with E-state index in [0.717, 1.165) is 22.1 Å². The Hall–Kier alpha value is -1.63. The smallest absolute Gasteiger partial charge is 0.441 e. The van der Waals surface area contributed by atoms with Crippen molar-refractivity contribution in [3.05, 3.63) is 35.1 Å². The van der Waals surface area contributed by atoms with Gasteiger partial charge >= 0.3 is 7.12 Å². The summed E-state index contributed by atoms with van der Waals surface area (Å²) in [6.45, 7) is 10.8. The second kappa shape index (κ2) is 6.03. The van der Waals surface area contributed by atoms with Gasteiger partial charge in [-0.05, 0) is 57.9 Å². The maximum Gasteiger partial charge on any atom is 0.491 e. The lowest BCUT2D eigenvalue weighted by atomic mass is 9.77. The minimum atomic E-state index is -0.364. The average Bonchev–Trinajstić information content (AvgIpc) is 2.94. The van der Waals surface area contributed by atoms with Gasteiger partial charge in [-0.3, -0.25) is 0 Å². The van der Waals surface area contributed by atoms with Crippen LogP contribution in [0.3, 0.4) is 0 Å². The molecule has 0 amide bonds. The maximum absolute atomic E-state index is 6.18. The Balaban J connectivity index is 1.93. The lowest BCUT2D eigenvalue weighted by Crippen LogP contribution is -2.41. The fourth-order valence-corrected chi connectivity index (χ4v) is 2.76. The molecular weight excluding hydrogens is 303 g/mol. The fraction of sp³-hybridized carbons (Fsp3) is 0.500. The molecular formula is C18H25BN2O3. The molecule has 0 atom stereocenters. The number of rotatable bonds is 4. The van der Waals surface area contributed by atoms with Crippen LogP contribution in [0.2, 0.25) is 0 Å². The third-order valence-electron chi connectivity index (χ3n) is 4.81. The molecule has 0 unspecified atom stereocenters. The van der Waals surface area contributed by atoms with Crippen molar-refractivity contribution in [3.8, 4) is 0 Å². The van der Waals surface area contributed by atoms with Gasteiger partial charge in [-0.1, -0.05) is 12.1 Å². The minimum absolute atomic E-state index is 0.350. The van der Waals surface area contributed by atoms with Crippen LogP contribution in [0.4, 0.5) is 0 Å². The van der Waals surface area contributed by atoms with Gasteiger partial charge in [0.25, 0.3) is 0 Å². The number of nitrogens with zero attached hydrogens (tertiary/aromatic N) is 1. The number of hydrogen-bond donors (Lipinski definition) is 1. The van der Waals surface area contributed by atoms with Crippen molar-refractivity contribution in [2.75, 3.05) is 13.6 Å². The number of benzene rings is 1. The monoisotopic (exact) mass is 328 g/mol. The van der Waals surface area contributed by atoms with Crippen LogP contribution in [0.25, 0.3) is 17.2 Å². The molecule has 128 valence electrons. The van der Waals surface area contributed by atoms with Crippen molar-refractivity contribution < 1.29 is 13.7 Å². The third-order valence-corrected chi connectivity index (χ3v) is 4.81. The highest BCUT2D eigenvalue weighted by Crippen LogP contribution is 2.38. The van der Waals surface area contributed by atoms with E-state index in [0.29, 0.717) is 12.4 Å². The molecule has 1 aliphatic heterocycles. The number of hydrogen-bond acceptors (Lipinski definition) is 5. The van der Waals surface area contributed by atoms with Crippen LogP contribution in [-0.2, 0) is 9.31 Å². The zero-order valence-electron chi connectivity index (χ0n) is 15.3. The molecule has 6 heteroatoms. The summed E-state index contributed by atoms with van der Waals surface area (Å²) < 4.78 is 17.9. The zero-order chi connectivity index (χ0) is 17.5. The predicted molar refractivity (Wildman–Crippen MR) is 96.7 cm³/mol. The van der Waals surface area contributed by atoms with E-state index in [9.17, 15) is 0 Å². The molecule has 1 saturated heterocycles. The van der Waals surface area contributed by atoms with Crippen molar-refractivity contribution in [3.63, 3.8) is 0 Å². The molecule has 2 aromatic rings. The Labute approximate surface area is 143 Å². The van der Waals surface area contributed by atoms with Crippen molar-refractivity contribution in [1.29, 1.82) is 0 Å². The number of likely N-dealkylation sites (N-methyl/N-ethyl adjacent to an activating group) is 1. The van der Waals surface area contributed by atoms with Gasteiger partial charge in [0, 0.05) is 13.5 Å². The Bertz CT molecular complexity index is 764. The van der Waals surface area contributed by atoms with Crippen LogP contribution < -0.4 is 5.32 Å². The third kappa shape index (κ3) is 3.14. The fourth-order valence-electron chi connectivity index (χ4n) is 2.76. The van der Waals surface area contributed by atoms with Crippen LogP contribution in [0.15, 0.2) is 28.1 Å². The van der Waals surface area contributed by atoms with E-state index in [1.807, 2.05) is 32.2 Å². The van der Waals surface area contributed by atoms with E-state index in [1.165, 1.54) is 0 Å². The Morgan fingerprint density at radius 1 is 1.21 bits per heavy atom. The Kier molecular flexibility index (Phi) is 4.32. The summed E-state index contributed by atoms with van der Waals surface area (Å²) in [5.41, 5.74) is 3.07. The number of aryl methyl sites for hydroxylation is 1. The molecule has 1 aliphatic rings. The van der Waals surface area contributed by atoms with Crippen molar-refractivity contribution in [1.82, 2.24) is 10.3 Å². The summed E-state index contributed by atoms with van der Waals surface area (Å²) in [6.07, 6.45) is 2.10. The highest BCUT2D eigenvalue weighted by molar-refractivity contribution is 6.55. The summed E-state index contributed by atoms with van der Waals surface area (Å²) in [5, 5.41) is 3.20. The molecule has 0 saturated carbocycles. The first-order chi connectivity index (χ1) is 11.2. The van der Waals surface area contributed by atoms with Gasteiger partial charge < -0.3 is 19.0 Å². The molecule has 0 radical (unpaired) electrons. The molecule has 2 heterocycles. The number of aromatic nitrogens is 1. The van der Waals surface area contributed by atoms with E-state index in [1.54, 1.807) is 0 Å². The molecule has 0 aliphatic carbocycles. The largest absolute Gasteiger partial charge is 0.491 e. The molecule has 24 heavy (non-hydrogen) atoms. The van der Waals surface area contributed by atoms with Crippen molar-refractivity contribution in [2.45, 2.75) is 45.8 Å². The van der Waals surface area contributed by atoms with Gasteiger partial charge in [0.15, 0.2) is 11.5 Å². The quantitative estimate of drug-likeness (QED) is 0.872. The molecule has 1 N–H and O–H groups in total. The predicted octanol–water partition coefficient (Wildman–Crippen LogP) is 3.37. The highest BCUT2D eigenvalue weighted by Gasteiger charge is 2.52. The maximum atomic E-state index is 6.18. The summed E-state index contributed by atoms with van der Waals surface area (Å²) in [7, 11) is 1.56. The van der Waals surface area contributed by atoms with E-state index in [2.05, 4.69) is 44.1 Å². The van der Waals surface area contributed by atoms with E-state index >= 15 is 0 Å². The Morgan fingerprint density at radius 3 is 2.50 bits per heavy atom. The van der Waals surface area contributed by atoms with Gasteiger partial charge in [-0.2, -0.15) is 0 Å².